The van der Waals surface area contributed by atoms with Gasteiger partial charge in [-0.05, 0) is 23.3 Å². The van der Waals surface area contributed by atoms with E-state index in [1.54, 1.807) is 11.7 Å². The van der Waals surface area contributed by atoms with Crippen LogP contribution in [0.25, 0.3) is 0 Å². The Labute approximate surface area is 192 Å². The fraction of sp³-hybridized carbons (Fsp3) is 0.280. The lowest BCUT2D eigenvalue weighted by molar-refractivity contribution is -0.111. The summed E-state index contributed by atoms with van der Waals surface area (Å²) >= 11 is 0. The Balaban J connectivity index is 1.88. The van der Waals surface area contributed by atoms with Crippen LogP contribution in [0.1, 0.15) is 21.6 Å². The normalized spacial score (nSPS) is 10.8. The van der Waals surface area contributed by atoms with Crippen molar-refractivity contribution in [3.05, 3.63) is 93.9 Å². The molecule has 2 aromatic carbocycles. The first-order valence-corrected chi connectivity index (χ1v) is 10.4. The maximum atomic E-state index is 13.2. The highest BCUT2D eigenvalue weighted by Crippen LogP contribution is 2.18. The van der Waals surface area contributed by atoms with Gasteiger partial charge in [-0.25, -0.2) is 0 Å². The first-order chi connectivity index (χ1) is 16.0. The van der Waals surface area contributed by atoms with E-state index >= 15 is 0 Å². The summed E-state index contributed by atoms with van der Waals surface area (Å²) in [7, 11) is 4.61. The highest BCUT2D eigenvalue weighted by Gasteiger charge is 2.22. The van der Waals surface area contributed by atoms with E-state index < -0.39 is 12.2 Å². The average Bonchev–Trinajstić information content (AvgIpc) is 2.86. The minimum absolute atomic E-state index is 0.0282. The van der Waals surface area contributed by atoms with Crippen molar-refractivity contribution in [3.63, 3.8) is 0 Å². The van der Waals surface area contributed by atoms with Crippen molar-refractivity contribution in [2.24, 2.45) is 0 Å². The average molecular weight is 453 g/mol. The quantitative estimate of drug-likeness (QED) is 0.450. The summed E-state index contributed by atoms with van der Waals surface area (Å²) in [4.78, 5) is 25.9. The molecule has 174 valence electrons. The number of hydrogen-bond acceptors (Lipinski definition) is 6. The molecular weight excluding hydrogens is 424 g/mol. The van der Waals surface area contributed by atoms with Gasteiger partial charge in [-0.15, -0.1) is 0 Å². The van der Waals surface area contributed by atoms with Crippen LogP contribution in [0.5, 0.6) is 11.5 Å². The van der Waals surface area contributed by atoms with Crippen LogP contribution < -0.4 is 20.2 Å². The van der Waals surface area contributed by atoms with Gasteiger partial charge < -0.3 is 28.8 Å². The van der Waals surface area contributed by atoms with Crippen LogP contribution in [0, 0.1) is 0 Å². The van der Waals surface area contributed by atoms with Crippen LogP contribution >= 0.6 is 0 Å². The minimum atomic E-state index is -0.609. The van der Waals surface area contributed by atoms with Crippen molar-refractivity contribution in [2.45, 2.75) is 26.0 Å². The molecule has 3 aromatic rings. The maximum Gasteiger partial charge on any atom is 0.272 e. The zero-order valence-electron chi connectivity index (χ0n) is 18.9. The molecule has 0 aliphatic heterocycles. The van der Waals surface area contributed by atoms with E-state index in [0.29, 0.717) is 0 Å². The van der Waals surface area contributed by atoms with Crippen LogP contribution in [0.3, 0.4) is 0 Å². The molecule has 0 spiro atoms. The number of rotatable bonds is 11. The van der Waals surface area contributed by atoms with Gasteiger partial charge in [-0.1, -0.05) is 42.5 Å². The van der Waals surface area contributed by atoms with Crippen molar-refractivity contribution in [2.75, 3.05) is 21.3 Å². The Morgan fingerprint density at radius 3 is 2.27 bits per heavy atom. The largest absolute Gasteiger partial charge is 0.497 e. The third kappa shape index (κ3) is 6.44. The highest BCUT2D eigenvalue weighted by atomic mass is 16.7. The van der Waals surface area contributed by atoms with Gasteiger partial charge in [0.15, 0.2) is 17.7 Å². The summed E-state index contributed by atoms with van der Waals surface area (Å²) in [5.41, 5.74) is 1.48. The monoisotopic (exact) mass is 452 g/mol. The molecule has 0 radical (unpaired) electrons. The summed E-state index contributed by atoms with van der Waals surface area (Å²) in [6, 6.07) is 18.1. The molecule has 1 aromatic heterocycles. The van der Waals surface area contributed by atoms with Crippen molar-refractivity contribution < 1.29 is 23.7 Å². The topological polar surface area (TPSA) is 88.0 Å². The number of aromatic nitrogens is 1. The predicted molar refractivity (Wildman–Crippen MR) is 123 cm³/mol. The van der Waals surface area contributed by atoms with Gasteiger partial charge in [0.05, 0.1) is 13.7 Å². The highest BCUT2D eigenvalue weighted by molar-refractivity contribution is 5.95. The van der Waals surface area contributed by atoms with Crippen LogP contribution in [-0.4, -0.2) is 38.1 Å². The molecule has 1 N–H and O–H groups in total. The second-order valence-corrected chi connectivity index (χ2v) is 7.22. The molecule has 1 amide bonds. The number of carbonyl (C=O) groups excluding carboxylic acids is 1. The van der Waals surface area contributed by atoms with Gasteiger partial charge in [0, 0.05) is 33.0 Å². The molecule has 0 saturated heterocycles. The van der Waals surface area contributed by atoms with E-state index in [0.717, 1.165) is 16.9 Å². The van der Waals surface area contributed by atoms with E-state index in [2.05, 4.69) is 5.32 Å². The number of hydrogen-bond donors (Lipinski definition) is 1. The lowest BCUT2D eigenvalue weighted by Crippen LogP contribution is -2.32. The van der Waals surface area contributed by atoms with Crippen LogP contribution in [0.15, 0.2) is 71.7 Å². The number of carbonyl (C=O) groups is 1. The molecule has 8 heteroatoms. The van der Waals surface area contributed by atoms with Gasteiger partial charge in [-0.2, -0.15) is 0 Å². The smallest absolute Gasteiger partial charge is 0.272 e. The SMILES string of the molecule is COc1ccc(CNC(=O)c2c(OCc3ccccc3)c(=O)ccn2CC(OC)OC)cc1. The van der Waals surface area contributed by atoms with E-state index in [9.17, 15) is 9.59 Å². The fourth-order valence-electron chi connectivity index (χ4n) is 3.23. The molecule has 0 fully saturated rings. The molecule has 0 aliphatic carbocycles. The van der Waals surface area contributed by atoms with Gasteiger partial charge >= 0.3 is 0 Å². The molecule has 0 aliphatic rings. The Morgan fingerprint density at radius 1 is 0.939 bits per heavy atom. The number of methoxy groups -OCH3 is 3. The molecule has 3 rings (SSSR count). The number of benzene rings is 2. The van der Waals surface area contributed by atoms with Crippen molar-refractivity contribution in [1.82, 2.24) is 9.88 Å². The molecular formula is C25H28N2O6. The minimum Gasteiger partial charge on any atom is -0.497 e. The first kappa shape index (κ1) is 24.0. The molecule has 0 bridgehead atoms. The molecule has 0 unspecified atom stereocenters. The Bertz CT molecular complexity index is 1090. The molecule has 33 heavy (non-hydrogen) atoms. The summed E-state index contributed by atoms with van der Waals surface area (Å²) in [6.07, 6.45) is 0.924. The van der Waals surface area contributed by atoms with Crippen LogP contribution in [0.4, 0.5) is 0 Å². The van der Waals surface area contributed by atoms with Crippen LogP contribution in [-0.2, 0) is 29.2 Å². The number of ether oxygens (including phenoxy) is 4. The lowest BCUT2D eigenvalue weighted by atomic mass is 10.2. The summed E-state index contributed by atoms with van der Waals surface area (Å²) in [5, 5.41) is 2.87. The molecule has 0 atom stereocenters. The Hall–Kier alpha value is -3.62. The van der Waals surface area contributed by atoms with Gasteiger partial charge in [0.1, 0.15) is 12.4 Å². The van der Waals surface area contributed by atoms with Gasteiger partial charge in [-0.3, -0.25) is 9.59 Å². The molecule has 1 heterocycles. The number of nitrogens with one attached hydrogen (secondary N) is 1. The zero-order chi connectivity index (χ0) is 23.6. The number of amides is 1. The van der Waals surface area contributed by atoms with Gasteiger partial charge in [0.25, 0.3) is 5.91 Å². The fourth-order valence-corrected chi connectivity index (χ4v) is 3.23. The summed E-state index contributed by atoms with van der Waals surface area (Å²) < 4.78 is 23.2. The number of pyridine rings is 1. The van der Waals surface area contributed by atoms with Crippen molar-refractivity contribution in [3.8, 4) is 11.5 Å². The van der Waals surface area contributed by atoms with Crippen molar-refractivity contribution >= 4 is 5.91 Å². The second-order valence-electron chi connectivity index (χ2n) is 7.22. The van der Waals surface area contributed by atoms with Crippen molar-refractivity contribution in [1.29, 1.82) is 0 Å². The summed E-state index contributed by atoms with van der Waals surface area (Å²) in [6.45, 7) is 0.610. The predicted octanol–water partition coefficient (Wildman–Crippen LogP) is 2.98. The summed E-state index contributed by atoms with van der Waals surface area (Å²) in [5.74, 6) is 0.251. The zero-order valence-corrected chi connectivity index (χ0v) is 18.9. The van der Waals surface area contributed by atoms with E-state index in [4.69, 9.17) is 18.9 Å². The molecule has 8 nitrogen and oxygen atoms in total. The van der Waals surface area contributed by atoms with E-state index in [-0.39, 0.29) is 36.6 Å². The lowest BCUT2D eigenvalue weighted by Gasteiger charge is -2.20. The van der Waals surface area contributed by atoms with E-state index in [1.807, 2.05) is 54.6 Å². The molecule has 0 saturated carbocycles. The standard InChI is InChI=1S/C25H28N2O6/c1-30-20-11-9-18(10-12-20)15-26-25(29)23-24(33-17-19-7-5-4-6-8-19)21(28)13-14-27(23)16-22(31-2)32-3/h4-14,22H,15-17H2,1-3H3,(H,26,29). The first-order valence-electron chi connectivity index (χ1n) is 10.4. The third-order valence-electron chi connectivity index (χ3n) is 5.06. The van der Waals surface area contributed by atoms with Crippen LogP contribution in [0.2, 0.25) is 0 Å². The Kier molecular flexibility index (Phi) is 8.63. The van der Waals surface area contributed by atoms with Gasteiger partial charge in [0.2, 0.25) is 5.43 Å². The third-order valence-corrected chi connectivity index (χ3v) is 5.06. The Morgan fingerprint density at radius 2 is 1.64 bits per heavy atom. The second kappa shape index (κ2) is 11.8. The number of nitrogens with zero attached hydrogens (tertiary/aromatic N) is 1. The maximum absolute atomic E-state index is 13.2. The van der Waals surface area contributed by atoms with E-state index in [1.165, 1.54) is 26.5 Å².